The minimum atomic E-state index is -0.398. The molecule has 1 aromatic carbocycles. The molecule has 6 heteroatoms. The first-order valence-electron chi connectivity index (χ1n) is 4.62. The lowest BCUT2D eigenvalue weighted by atomic mass is 10.3. The molecular formula is C11H9BrI2O3. The third-order valence-electron chi connectivity index (χ3n) is 1.63. The van der Waals surface area contributed by atoms with Crippen LogP contribution in [0.4, 0.5) is 0 Å². The molecule has 0 spiro atoms. The Hall–Kier alpha value is 0.330. The number of ether oxygens (including phenoxy) is 2. The molecule has 0 aliphatic rings. The molecule has 0 heterocycles. The van der Waals surface area contributed by atoms with E-state index in [-0.39, 0.29) is 6.61 Å². The van der Waals surface area contributed by atoms with Gasteiger partial charge in [0.05, 0.1) is 9.10 Å². The van der Waals surface area contributed by atoms with Crippen molar-refractivity contribution in [2.24, 2.45) is 0 Å². The maximum atomic E-state index is 11.4. The van der Waals surface area contributed by atoms with Gasteiger partial charge in [-0.05, 0) is 73.2 Å². The van der Waals surface area contributed by atoms with E-state index in [2.05, 4.69) is 61.1 Å². The fourth-order valence-corrected chi connectivity index (χ4v) is 1.42. The molecule has 1 rings (SSSR count). The van der Waals surface area contributed by atoms with Crippen molar-refractivity contribution in [3.63, 3.8) is 0 Å². The van der Waals surface area contributed by atoms with Crippen molar-refractivity contribution in [3.05, 3.63) is 36.4 Å². The number of carbonyl (C=O) groups excluding carboxylic acids is 1. The van der Waals surface area contributed by atoms with Crippen molar-refractivity contribution >= 4 is 67.1 Å². The van der Waals surface area contributed by atoms with Gasteiger partial charge in [0.15, 0.2) is 0 Å². The van der Waals surface area contributed by atoms with Gasteiger partial charge in [-0.25, -0.2) is 4.79 Å². The molecule has 0 saturated carbocycles. The molecule has 0 unspecified atom stereocenters. The first-order valence-corrected chi connectivity index (χ1v) is 7.57. The van der Waals surface area contributed by atoms with Crippen LogP contribution in [-0.2, 0) is 9.53 Å². The summed E-state index contributed by atoms with van der Waals surface area (Å²) in [6, 6.07) is 8.93. The van der Waals surface area contributed by atoms with Crippen molar-refractivity contribution in [3.8, 4) is 5.75 Å². The smallest absolute Gasteiger partial charge is 0.337 e. The Morgan fingerprint density at radius 3 is 2.41 bits per heavy atom. The lowest BCUT2D eigenvalue weighted by Crippen LogP contribution is -2.16. The van der Waals surface area contributed by atoms with E-state index in [0.29, 0.717) is 12.4 Å². The van der Waals surface area contributed by atoms with Crippen LogP contribution < -0.4 is 4.74 Å². The quantitative estimate of drug-likeness (QED) is 0.333. The molecule has 0 fully saturated rings. The van der Waals surface area contributed by atoms with Crippen LogP contribution in [0.5, 0.6) is 5.75 Å². The third-order valence-corrected chi connectivity index (χ3v) is 5.38. The predicted octanol–water partition coefficient (Wildman–Crippen LogP) is 4.04. The summed E-state index contributed by atoms with van der Waals surface area (Å²) in [6.45, 7) is 0.340. The maximum Gasteiger partial charge on any atom is 0.337 e. The molecule has 0 aliphatic carbocycles. The SMILES string of the molecule is O=C(COC/C(I)=C(/Br)I)Oc1ccccc1. The standard InChI is InChI=1S/C11H9BrI2O3/c12-11(14)9(13)6-16-7-10(15)17-8-4-2-1-3-5-8/h1-5H,6-7H2/b11-9+. The molecule has 0 bridgehead atoms. The van der Waals surface area contributed by atoms with E-state index in [1.807, 2.05) is 18.2 Å². The second-order valence-corrected chi connectivity index (χ2v) is 7.60. The summed E-state index contributed by atoms with van der Waals surface area (Å²) in [5, 5.41) is 0. The van der Waals surface area contributed by atoms with Crippen LogP contribution in [0.15, 0.2) is 36.4 Å². The third kappa shape index (κ3) is 6.73. The Morgan fingerprint density at radius 2 is 1.82 bits per heavy atom. The first kappa shape index (κ1) is 15.4. The van der Waals surface area contributed by atoms with Crippen LogP contribution in [0.3, 0.4) is 0 Å². The van der Waals surface area contributed by atoms with Gasteiger partial charge in [0.25, 0.3) is 0 Å². The molecular weight excluding hydrogens is 514 g/mol. The summed E-state index contributed by atoms with van der Waals surface area (Å²) in [6.07, 6.45) is 0. The fourth-order valence-electron chi connectivity index (χ4n) is 0.928. The summed E-state index contributed by atoms with van der Waals surface area (Å²) in [5.74, 6) is 0.131. The molecule has 92 valence electrons. The number of esters is 1. The Labute approximate surface area is 135 Å². The highest BCUT2D eigenvalue weighted by Gasteiger charge is 2.05. The molecule has 0 aromatic heterocycles. The van der Waals surface area contributed by atoms with E-state index in [4.69, 9.17) is 9.47 Å². The van der Waals surface area contributed by atoms with E-state index in [1.165, 1.54) is 0 Å². The number of rotatable bonds is 5. The zero-order valence-electron chi connectivity index (χ0n) is 8.66. The Bertz CT molecular complexity index is 402. The first-order chi connectivity index (χ1) is 8.09. The summed E-state index contributed by atoms with van der Waals surface area (Å²) in [7, 11) is 0. The number of para-hydroxylation sites is 1. The topological polar surface area (TPSA) is 35.5 Å². The van der Waals surface area contributed by atoms with E-state index in [9.17, 15) is 4.79 Å². The Morgan fingerprint density at radius 1 is 1.18 bits per heavy atom. The van der Waals surface area contributed by atoms with Gasteiger partial charge in [0, 0.05) is 3.58 Å². The van der Waals surface area contributed by atoms with Crippen molar-refractivity contribution < 1.29 is 14.3 Å². The highest BCUT2D eigenvalue weighted by molar-refractivity contribution is 14.1. The van der Waals surface area contributed by atoms with Crippen LogP contribution in [0.2, 0.25) is 0 Å². The largest absolute Gasteiger partial charge is 0.425 e. The monoisotopic (exact) mass is 522 g/mol. The van der Waals surface area contributed by atoms with Gasteiger partial charge in [0.2, 0.25) is 0 Å². The second-order valence-electron chi connectivity index (χ2n) is 2.95. The minimum Gasteiger partial charge on any atom is -0.425 e. The van der Waals surface area contributed by atoms with Crippen molar-refractivity contribution in [1.29, 1.82) is 0 Å². The number of hydrogen-bond acceptors (Lipinski definition) is 3. The van der Waals surface area contributed by atoms with Gasteiger partial charge >= 0.3 is 5.97 Å². The molecule has 17 heavy (non-hydrogen) atoms. The van der Waals surface area contributed by atoms with E-state index in [1.54, 1.807) is 12.1 Å². The van der Waals surface area contributed by atoms with Crippen molar-refractivity contribution in [1.82, 2.24) is 0 Å². The lowest BCUT2D eigenvalue weighted by molar-refractivity contribution is -0.139. The van der Waals surface area contributed by atoms with Crippen molar-refractivity contribution in [2.75, 3.05) is 13.2 Å². The summed E-state index contributed by atoms with van der Waals surface area (Å²) >= 11 is 7.61. The lowest BCUT2D eigenvalue weighted by Gasteiger charge is -2.05. The molecule has 0 saturated heterocycles. The molecule has 1 aromatic rings. The summed E-state index contributed by atoms with van der Waals surface area (Å²) in [4.78, 5) is 11.4. The van der Waals surface area contributed by atoms with E-state index < -0.39 is 5.97 Å². The zero-order chi connectivity index (χ0) is 12.7. The number of carbonyl (C=O) groups is 1. The minimum absolute atomic E-state index is 0.0572. The van der Waals surface area contributed by atoms with Gasteiger partial charge in [0.1, 0.15) is 12.4 Å². The van der Waals surface area contributed by atoms with Gasteiger partial charge in [-0.1, -0.05) is 18.2 Å². The number of halogens is 3. The van der Waals surface area contributed by atoms with Crippen LogP contribution in [0, 0.1) is 0 Å². The number of benzene rings is 1. The zero-order valence-corrected chi connectivity index (χ0v) is 14.6. The average Bonchev–Trinajstić information content (AvgIpc) is 2.30. The van der Waals surface area contributed by atoms with Crippen LogP contribution >= 0.6 is 61.1 Å². The van der Waals surface area contributed by atoms with Crippen LogP contribution in [0.25, 0.3) is 0 Å². The normalized spacial score (nSPS) is 11.9. The fraction of sp³-hybridized carbons (Fsp3) is 0.182. The highest BCUT2D eigenvalue weighted by Crippen LogP contribution is 2.24. The molecule has 0 radical (unpaired) electrons. The van der Waals surface area contributed by atoms with Crippen LogP contribution in [0.1, 0.15) is 0 Å². The Balaban J connectivity index is 2.30. The summed E-state index contributed by atoms with van der Waals surface area (Å²) < 4.78 is 12.3. The molecule has 0 N–H and O–H groups in total. The number of hydrogen-bond donors (Lipinski definition) is 0. The highest BCUT2D eigenvalue weighted by atomic mass is 127. The molecule has 0 amide bonds. The van der Waals surface area contributed by atoms with E-state index in [0.717, 1.165) is 6.07 Å². The van der Waals surface area contributed by atoms with Crippen molar-refractivity contribution in [2.45, 2.75) is 0 Å². The molecule has 0 aliphatic heterocycles. The van der Waals surface area contributed by atoms with Gasteiger partial charge < -0.3 is 9.47 Å². The van der Waals surface area contributed by atoms with Gasteiger partial charge in [-0.3, -0.25) is 0 Å². The Kier molecular flexibility index (Phi) is 7.64. The molecule has 0 atom stereocenters. The van der Waals surface area contributed by atoms with Gasteiger partial charge in [-0.2, -0.15) is 0 Å². The van der Waals surface area contributed by atoms with Crippen LogP contribution in [-0.4, -0.2) is 19.2 Å². The summed E-state index contributed by atoms with van der Waals surface area (Å²) in [5.41, 5.74) is 0. The van der Waals surface area contributed by atoms with E-state index >= 15 is 0 Å². The van der Waals surface area contributed by atoms with Gasteiger partial charge in [-0.15, -0.1) is 0 Å². The average molecular weight is 523 g/mol. The molecule has 3 nitrogen and oxygen atoms in total. The maximum absolute atomic E-state index is 11.4. The predicted molar refractivity (Wildman–Crippen MR) is 86.9 cm³/mol. The second kappa shape index (κ2) is 8.44.